The predicted octanol–water partition coefficient (Wildman–Crippen LogP) is 4.36. The molecule has 0 amide bonds. The lowest BCUT2D eigenvalue weighted by Gasteiger charge is -2.40. The molecule has 2 aliphatic rings. The number of halogens is 1. The lowest BCUT2D eigenvalue weighted by Crippen LogP contribution is -2.47. The Balaban J connectivity index is 1.99. The number of ether oxygens (including phenoxy) is 1. The van der Waals surface area contributed by atoms with Crippen molar-refractivity contribution < 1.29 is 19.0 Å². The molecule has 0 spiro atoms. The van der Waals surface area contributed by atoms with Gasteiger partial charge in [0.05, 0.1) is 6.10 Å². The van der Waals surface area contributed by atoms with Gasteiger partial charge in [0.15, 0.2) is 0 Å². The van der Waals surface area contributed by atoms with Crippen LogP contribution in [0.3, 0.4) is 0 Å². The van der Waals surface area contributed by atoms with Crippen LogP contribution in [0.4, 0.5) is 4.39 Å². The first-order valence-corrected chi connectivity index (χ1v) is 7.95. The zero-order chi connectivity index (χ0) is 16.7. The quantitative estimate of drug-likeness (QED) is 0.878. The van der Waals surface area contributed by atoms with Crippen molar-refractivity contribution in [3.8, 4) is 0 Å². The molecule has 23 heavy (non-hydrogen) atoms. The summed E-state index contributed by atoms with van der Waals surface area (Å²) in [6.45, 7) is 3.70. The van der Waals surface area contributed by atoms with Gasteiger partial charge in [-0.2, -0.15) is 0 Å². The summed E-state index contributed by atoms with van der Waals surface area (Å²) < 4.78 is 20.8. The summed E-state index contributed by atoms with van der Waals surface area (Å²) in [4.78, 5) is 11.8. The second kappa shape index (κ2) is 5.60. The highest BCUT2D eigenvalue weighted by atomic mass is 19.1. The Hall–Kier alpha value is -1.94. The van der Waals surface area contributed by atoms with Gasteiger partial charge >= 0.3 is 5.97 Å². The molecule has 0 bridgehead atoms. The molecule has 3 rings (SSSR count). The third-order valence-electron chi connectivity index (χ3n) is 4.73. The van der Waals surface area contributed by atoms with Gasteiger partial charge in [0, 0.05) is 12.0 Å². The highest BCUT2D eigenvalue weighted by Crippen LogP contribution is 2.60. The third-order valence-corrected chi connectivity index (χ3v) is 4.73. The molecular formula is C19H21FO3. The number of hydrogen-bond acceptors (Lipinski definition) is 2. The van der Waals surface area contributed by atoms with E-state index in [4.69, 9.17) is 4.74 Å². The molecule has 0 aromatic heterocycles. The molecule has 1 aromatic carbocycles. The van der Waals surface area contributed by atoms with E-state index in [1.54, 1.807) is 12.2 Å². The van der Waals surface area contributed by atoms with Crippen LogP contribution in [-0.2, 0) is 9.53 Å². The van der Waals surface area contributed by atoms with Crippen LogP contribution in [0.1, 0.15) is 38.7 Å². The molecular weight excluding hydrogens is 295 g/mol. The van der Waals surface area contributed by atoms with Crippen molar-refractivity contribution in [1.82, 2.24) is 0 Å². The summed E-state index contributed by atoms with van der Waals surface area (Å²) in [6, 6.07) is 9.29. The van der Waals surface area contributed by atoms with Crippen LogP contribution in [0, 0.1) is 5.41 Å². The van der Waals surface area contributed by atoms with Crippen LogP contribution in [0.15, 0.2) is 48.3 Å². The molecule has 1 fully saturated rings. The molecule has 2 aliphatic carbocycles. The Labute approximate surface area is 135 Å². The van der Waals surface area contributed by atoms with Crippen molar-refractivity contribution in [2.45, 2.75) is 44.8 Å². The average molecular weight is 316 g/mol. The highest BCUT2D eigenvalue weighted by molar-refractivity contribution is 5.83. The van der Waals surface area contributed by atoms with Gasteiger partial charge in [-0.25, -0.2) is 4.39 Å². The molecule has 1 saturated carbocycles. The fourth-order valence-corrected chi connectivity index (χ4v) is 3.45. The van der Waals surface area contributed by atoms with Gasteiger partial charge in [0.2, 0.25) is 0 Å². The lowest BCUT2D eigenvalue weighted by molar-refractivity contribution is -0.161. The topological polar surface area (TPSA) is 46.5 Å². The van der Waals surface area contributed by atoms with E-state index in [0.29, 0.717) is 18.4 Å². The van der Waals surface area contributed by atoms with Crippen molar-refractivity contribution in [3.63, 3.8) is 0 Å². The number of rotatable bonds is 5. The van der Waals surface area contributed by atoms with E-state index in [2.05, 4.69) is 0 Å². The molecule has 0 aliphatic heterocycles. The Morgan fingerprint density at radius 2 is 1.91 bits per heavy atom. The molecule has 1 unspecified atom stereocenters. The monoisotopic (exact) mass is 316 g/mol. The highest BCUT2D eigenvalue weighted by Gasteiger charge is 2.65. The minimum atomic E-state index is -1.10. The fraction of sp³-hybridized carbons (Fsp3) is 0.421. The molecule has 0 radical (unpaired) electrons. The van der Waals surface area contributed by atoms with E-state index in [1.165, 1.54) is 0 Å². The van der Waals surface area contributed by atoms with Gasteiger partial charge in [-0.3, -0.25) is 4.79 Å². The molecule has 0 heterocycles. The second-order valence-corrected chi connectivity index (χ2v) is 6.64. The largest absolute Gasteiger partial charge is 0.481 e. The number of hydrogen-bond donors (Lipinski definition) is 1. The minimum Gasteiger partial charge on any atom is -0.481 e. The third kappa shape index (κ3) is 2.61. The summed E-state index contributed by atoms with van der Waals surface area (Å²) in [5.74, 6) is -1.22. The Morgan fingerprint density at radius 1 is 1.26 bits per heavy atom. The van der Waals surface area contributed by atoms with Crippen LogP contribution < -0.4 is 0 Å². The Morgan fingerprint density at radius 3 is 2.39 bits per heavy atom. The van der Waals surface area contributed by atoms with Crippen molar-refractivity contribution in [2.75, 3.05) is 0 Å². The number of carbonyl (C=O) groups is 1. The van der Waals surface area contributed by atoms with Crippen LogP contribution in [0.5, 0.6) is 0 Å². The van der Waals surface area contributed by atoms with Crippen molar-refractivity contribution >= 4 is 11.5 Å². The van der Waals surface area contributed by atoms with E-state index in [9.17, 15) is 14.3 Å². The molecule has 3 nitrogen and oxygen atoms in total. The zero-order valence-corrected chi connectivity index (χ0v) is 13.4. The number of carboxylic acids is 1. The fourth-order valence-electron chi connectivity index (χ4n) is 3.45. The maximum atomic E-state index is 14.9. The van der Waals surface area contributed by atoms with Gasteiger partial charge in [0.25, 0.3) is 0 Å². The van der Waals surface area contributed by atoms with Crippen LogP contribution in [0.25, 0.3) is 5.57 Å². The smallest absolute Gasteiger partial charge is 0.312 e. The number of benzene rings is 1. The van der Waals surface area contributed by atoms with Crippen molar-refractivity contribution in [2.24, 2.45) is 5.41 Å². The van der Waals surface area contributed by atoms with E-state index >= 15 is 0 Å². The number of allylic oxidation sites excluding steroid dienone is 2. The first-order valence-electron chi connectivity index (χ1n) is 7.95. The van der Waals surface area contributed by atoms with Gasteiger partial charge in [-0.05, 0) is 32.3 Å². The van der Waals surface area contributed by atoms with E-state index in [1.807, 2.05) is 44.2 Å². The molecule has 1 atom stereocenters. The maximum absolute atomic E-state index is 14.9. The molecule has 122 valence electrons. The van der Waals surface area contributed by atoms with E-state index in [0.717, 1.165) is 5.56 Å². The standard InChI is InChI=1S/C19H21FO3/c1-13(2)23-19(18(10-11-18)17(21)22)9-8-15(16(20)12-19)14-6-4-3-5-7-14/h3-9,13H,10-12H2,1-2H3,(H,21,22). The van der Waals surface area contributed by atoms with Gasteiger partial charge in [0.1, 0.15) is 16.8 Å². The zero-order valence-electron chi connectivity index (χ0n) is 13.4. The van der Waals surface area contributed by atoms with Crippen LogP contribution in [0.2, 0.25) is 0 Å². The number of carboxylic acid groups (broad SMARTS) is 1. The summed E-state index contributed by atoms with van der Waals surface area (Å²) >= 11 is 0. The molecule has 0 saturated heterocycles. The van der Waals surface area contributed by atoms with Gasteiger partial charge in [-0.1, -0.05) is 42.5 Å². The van der Waals surface area contributed by atoms with E-state index < -0.39 is 17.0 Å². The van der Waals surface area contributed by atoms with E-state index in [-0.39, 0.29) is 18.4 Å². The first-order chi connectivity index (χ1) is 10.9. The molecule has 1 N–H and O–H groups in total. The minimum absolute atomic E-state index is 0.0296. The predicted molar refractivity (Wildman–Crippen MR) is 86.5 cm³/mol. The maximum Gasteiger partial charge on any atom is 0.312 e. The normalized spacial score (nSPS) is 25.7. The van der Waals surface area contributed by atoms with Crippen molar-refractivity contribution in [1.29, 1.82) is 0 Å². The SMILES string of the molecule is CC(C)OC1(C2(C(=O)O)CC2)C=CC(c2ccccc2)=C(F)C1. The summed E-state index contributed by atoms with van der Waals surface area (Å²) in [5, 5.41) is 9.65. The van der Waals surface area contributed by atoms with Crippen LogP contribution in [-0.4, -0.2) is 22.8 Å². The summed E-state index contributed by atoms with van der Waals surface area (Å²) in [6.07, 6.45) is 4.28. The Kier molecular flexibility index (Phi) is 3.88. The summed E-state index contributed by atoms with van der Waals surface area (Å²) in [7, 11) is 0. The second-order valence-electron chi connectivity index (χ2n) is 6.64. The van der Waals surface area contributed by atoms with Gasteiger partial charge in [-0.15, -0.1) is 0 Å². The average Bonchev–Trinajstić information content (AvgIpc) is 3.29. The van der Waals surface area contributed by atoms with Gasteiger partial charge < -0.3 is 9.84 Å². The van der Waals surface area contributed by atoms with Crippen LogP contribution >= 0.6 is 0 Å². The first kappa shape index (κ1) is 15.9. The Bertz CT molecular complexity index is 671. The van der Waals surface area contributed by atoms with Crippen molar-refractivity contribution in [3.05, 3.63) is 53.9 Å². The lowest BCUT2D eigenvalue weighted by atomic mass is 9.76. The number of aliphatic carboxylic acids is 1. The summed E-state index contributed by atoms with van der Waals surface area (Å²) in [5.41, 5.74) is -0.808. The molecule has 4 heteroatoms. The molecule has 1 aromatic rings.